The monoisotopic (exact) mass is 393 g/mol. The quantitative estimate of drug-likeness (QED) is 0.855. The summed E-state index contributed by atoms with van der Waals surface area (Å²) in [6.07, 6.45) is 2.58. The second kappa shape index (κ2) is 7.23. The van der Waals surface area contributed by atoms with E-state index in [0.717, 1.165) is 23.7 Å². The molecule has 0 aliphatic carbocycles. The summed E-state index contributed by atoms with van der Waals surface area (Å²) in [5, 5.41) is 0. The lowest BCUT2D eigenvalue weighted by atomic mass is 10.1. The molecule has 5 nitrogen and oxygen atoms in total. The Kier molecular flexibility index (Phi) is 5.25. The smallest absolute Gasteiger partial charge is 0.254 e. The van der Waals surface area contributed by atoms with Crippen molar-refractivity contribution in [1.29, 1.82) is 0 Å². The average Bonchev–Trinajstić information content (AvgIpc) is 3.20. The van der Waals surface area contributed by atoms with E-state index >= 15 is 0 Å². The Bertz CT molecular complexity index is 619. The van der Waals surface area contributed by atoms with Gasteiger partial charge in [0.15, 0.2) is 0 Å². The van der Waals surface area contributed by atoms with Crippen molar-refractivity contribution < 1.29 is 9.59 Å². The number of nitrogens with zero attached hydrogens (tertiary/aromatic N) is 2. The lowest BCUT2D eigenvalue weighted by molar-refractivity contribution is -0.135. The van der Waals surface area contributed by atoms with Gasteiger partial charge in [0.1, 0.15) is 6.04 Å². The maximum Gasteiger partial charge on any atom is 0.254 e. The third-order valence-electron chi connectivity index (χ3n) is 5.17. The molecule has 2 aliphatic rings. The number of hydrogen-bond acceptors (Lipinski definition) is 3. The number of hydrogen-bond donors (Lipinski definition) is 1. The second-order valence-corrected chi connectivity index (χ2v) is 7.76. The molecule has 1 aromatic carbocycles. The Labute approximate surface area is 151 Å². The summed E-state index contributed by atoms with van der Waals surface area (Å²) in [5.74, 6) is 0.406. The highest BCUT2D eigenvalue weighted by atomic mass is 79.9. The minimum absolute atomic E-state index is 0.0550. The van der Waals surface area contributed by atoms with Gasteiger partial charge in [-0.3, -0.25) is 9.59 Å². The van der Waals surface area contributed by atoms with Crippen molar-refractivity contribution in [2.75, 3.05) is 19.6 Å². The van der Waals surface area contributed by atoms with E-state index in [1.807, 2.05) is 17.0 Å². The van der Waals surface area contributed by atoms with Crippen molar-refractivity contribution in [2.45, 2.75) is 38.3 Å². The topological polar surface area (TPSA) is 66.6 Å². The maximum atomic E-state index is 13.0. The molecule has 2 fully saturated rings. The molecule has 1 aromatic rings. The molecular formula is C18H24BrN3O2. The number of benzene rings is 1. The standard InChI is InChI=1S/C18H24BrN3O2/c1-12-9-13(10-20)11-22(12)18(24)16-3-2-8-21(16)17(23)14-4-6-15(19)7-5-14/h4-7,12-13,16H,2-3,8-11,20H2,1H3. The summed E-state index contributed by atoms with van der Waals surface area (Å²) >= 11 is 3.38. The summed E-state index contributed by atoms with van der Waals surface area (Å²) in [4.78, 5) is 29.5. The fourth-order valence-electron chi connectivity index (χ4n) is 3.84. The summed E-state index contributed by atoms with van der Waals surface area (Å²) in [7, 11) is 0. The first kappa shape index (κ1) is 17.4. The van der Waals surface area contributed by atoms with Crippen LogP contribution in [-0.2, 0) is 4.79 Å². The number of rotatable bonds is 3. The molecule has 2 saturated heterocycles. The number of halogens is 1. The van der Waals surface area contributed by atoms with Gasteiger partial charge in [0.25, 0.3) is 5.91 Å². The Morgan fingerprint density at radius 2 is 1.96 bits per heavy atom. The molecule has 2 amide bonds. The van der Waals surface area contributed by atoms with Gasteiger partial charge in [0.2, 0.25) is 5.91 Å². The first-order chi connectivity index (χ1) is 11.5. The van der Waals surface area contributed by atoms with Crippen LogP contribution >= 0.6 is 15.9 Å². The van der Waals surface area contributed by atoms with Gasteiger partial charge in [0.05, 0.1) is 0 Å². The number of amides is 2. The van der Waals surface area contributed by atoms with Crippen molar-refractivity contribution in [1.82, 2.24) is 9.80 Å². The van der Waals surface area contributed by atoms with Crippen molar-refractivity contribution in [2.24, 2.45) is 11.7 Å². The van der Waals surface area contributed by atoms with Crippen LogP contribution in [0.4, 0.5) is 0 Å². The summed E-state index contributed by atoms with van der Waals surface area (Å²) in [5.41, 5.74) is 6.40. The van der Waals surface area contributed by atoms with Crippen LogP contribution in [0.1, 0.15) is 36.5 Å². The van der Waals surface area contributed by atoms with Gasteiger partial charge in [-0.25, -0.2) is 0 Å². The minimum atomic E-state index is -0.333. The van der Waals surface area contributed by atoms with Crippen LogP contribution in [0, 0.1) is 5.92 Å². The molecule has 24 heavy (non-hydrogen) atoms. The molecule has 2 heterocycles. The number of likely N-dealkylation sites (tertiary alicyclic amines) is 2. The first-order valence-corrected chi connectivity index (χ1v) is 9.37. The normalized spacial score (nSPS) is 26.9. The van der Waals surface area contributed by atoms with Crippen LogP contribution in [0.15, 0.2) is 28.7 Å². The third-order valence-corrected chi connectivity index (χ3v) is 5.70. The summed E-state index contributed by atoms with van der Waals surface area (Å²) < 4.78 is 0.937. The molecule has 0 bridgehead atoms. The van der Waals surface area contributed by atoms with Crippen molar-refractivity contribution in [3.8, 4) is 0 Å². The lowest BCUT2D eigenvalue weighted by Gasteiger charge is -2.30. The highest BCUT2D eigenvalue weighted by molar-refractivity contribution is 9.10. The van der Waals surface area contributed by atoms with Gasteiger partial charge >= 0.3 is 0 Å². The van der Waals surface area contributed by atoms with Gasteiger partial charge in [0, 0.05) is 29.2 Å². The average molecular weight is 394 g/mol. The van der Waals surface area contributed by atoms with Crippen LogP contribution in [0.2, 0.25) is 0 Å². The molecule has 0 aromatic heterocycles. The lowest BCUT2D eigenvalue weighted by Crippen LogP contribution is -2.49. The molecular weight excluding hydrogens is 370 g/mol. The van der Waals surface area contributed by atoms with E-state index in [0.29, 0.717) is 31.1 Å². The predicted molar refractivity (Wildman–Crippen MR) is 96.5 cm³/mol. The summed E-state index contributed by atoms with van der Waals surface area (Å²) in [6, 6.07) is 7.18. The van der Waals surface area contributed by atoms with E-state index in [4.69, 9.17) is 5.73 Å². The van der Waals surface area contributed by atoms with Crippen molar-refractivity contribution >= 4 is 27.7 Å². The number of carbonyl (C=O) groups is 2. The van der Waals surface area contributed by atoms with Crippen LogP contribution in [-0.4, -0.2) is 53.3 Å². The van der Waals surface area contributed by atoms with Gasteiger partial charge in [-0.2, -0.15) is 0 Å². The van der Waals surface area contributed by atoms with Crippen LogP contribution < -0.4 is 5.73 Å². The molecule has 0 radical (unpaired) electrons. The van der Waals surface area contributed by atoms with Crippen LogP contribution in [0.25, 0.3) is 0 Å². The molecule has 0 spiro atoms. The molecule has 3 atom stereocenters. The molecule has 3 unspecified atom stereocenters. The molecule has 2 aliphatic heterocycles. The van der Waals surface area contributed by atoms with E-state index < -0.39 is 0 Å². The van der Waals surface area contributed by atoms with Gasteiger partial charge in [-0.1, -0.05) is 15.9 Å². The SMILES string of the molecule is CC1CC(CN)CN1C(=O)C1CCCN1C(=O)c1ccc(Br)cc1. The second-order valence-electron chi connectivity index (χ2n) is 6.84. The molecule has 130 valence electrons. The number of carbonyl (C=O) groups excluding carboxylic acids is 2. The zero-order valence-corrected chi connectivity index (χ0v) is 15.5. The van der Waals surface area contributed by atoms with E-state index in [1.165, 1.54) is 0 Å². The molecule has 3 rings (SSSR count). The fraction of sp³-hybridized carbons (Fsp3) is 0.556. The molecule has 2 N–H and O–H groups in total. The van der Waals surface area contributed by atoms with Gasteiger partial charge < -0.3 is 15.5 Å². The summed E-state index contributed by atoms with van der Waals surface area (Å²) in [6.45, 7) is 4.05. The zero-order valence-electron chi connectivity index (χ0n) is 14.0. The Morgan fingerprint density at radius 1 is 1.25 bits per heavy atom. The zero-order chi connectivity index (χ0) is 17.3. The molecule has 0 saturated carbocycles. The highest BCUT2D eigenvalue weighted by Gasteiger charge is 2.40. The van der Waals surface area contributed by atoms with Crippen LogP contribution in [0.5, 0.6) is 0 Å². The predicted octanol–water partition coefficient (Wildman–Crippen LogP) is 2.25. The fourth-order valence-corrected chi connectivity index (χ4v) is 4.10. The van der Waals surface area contributed by atoms with E-state index in [1.54, 1.807) is 17.0 Å². The van der Waals surface area contributed by atoms with E-state index in [-0.39, 0.29) is 23.9 Å². The highest BCUT2D eigenvalue weighted by Crippen LogP contribution is 2.28. The Morgan fingerprint density at radius 3 is 2.58 bits per heavy atom. The van der Waals surface area contributed by atoms with Crippen molar-refractivity contribution in [3.05, 3.63) is 34.3 Å². The van der Waals surface area contributed by atoms with E-state index in [2.05, 4.69) is 22.9 Å². The minimum Gasteiger partial charge on any atom is -0.338 e. The Balaban J connectivity index is 1.74. The van der Waals surface area contributed by atoms with Gasteiger partial charge in [-0.05, 0) is 62.9 Å². The molecule has 6 heteroatoms. The largest absolute Gasteiger partial charge is 0.338 e. The maximum absolute atomic E-state index is 13.0. The Hall–Kier alpha value is -1.40. The van der Waals surface area contributed by atoms with Crippen molar-refractivity contribution in [3.63, 3.8) is 0 Å². The van der Waals surface area contributed by atoms with Gasteiger partial charge in [-0.15, -0.1) is 0 Å². The first-order valence-electron chi connectivity index (χ1n) is 8.58. The van der Waals surface area contributed by atoms with E-state index in [9.17, 15) is 9.59 Å². The third kappa shape index (κ3) is 3.35. The van der Waals surface area contributed by atoms with Crippen LogP contribution in [0.3, 0.4) is 0 Å². The number of nitrogens with two attached hydrogens (primary N) is 1.